The van der Waals surface area contributed by atoms with Crippen molar-refractivity contribution in [2.45, 2.75) is 149 Å². The molecule has 0 bridgehead atoms. The van der Waals surface area contributed by atoms with Gasteiger partial charge >= 0.3 is 5.97 Å². The number of carbonyl (C=O) groups is 1. The lowest BCUT2D eigenvalue weighted by Gasteiger charge is -2.16. The average molecular weight is 490 g/mol. The van der Waals surface area contributed by atoms with Crippen molar-refractivity contribution in [2.75, 3.05) is 11.9 Å². The Bertz CT molecular complexity index is 346. The molecular formula is C27H53BrO2. The molecule has 0 heterocycles. The highest BCUT2D eigenvalue weighted by atomic mass is 79.9. The average Bonchev–Trinajstić information content (AvgIpc) is 2.74. The zero-order valence-corrected chi connectivity index (χ0v) is 22.1. The Labute approximate surface area is 197 Å². The first-order chi connectivity index (χ1) is 14.7. The summed E-state index contributed by atoms with van der Waals surface area (Å²) in [5, 5.41) is 1.09. The van der Waals surface area contributed by atoms with E-state index < -0.39 is 0 Å². The topological polar surface area (TPSA) is 26.3 Å². The maximum absolute atomic E-state index is 12.3. The van der Waals surface area contributed by atoms with Crippen LogP contribution in [0.4, 0.5) is 0 Å². The highest BCUT2D eigenvalue weighted by molar-refractivity contribution is 9.09. The molecule has 0 aromatic heterocycles. The largest absolute Gasteiger partial charge is 0.466 e. The molecule has 0 spiro atoms. The van der Waals surface area contributed by atoms with Gasteiger partial charge in [-0.05, 0) is 31.6 Å². The molecule has 0 N–H and O–H groups in total. The third-order valence-electron chi connectivity index (χ3n) is 6.18. The Balaban J connectivity index is 3.83. The summed E-state index contributed by atoms with van der Waals surface area (Å²) in [6.07, 6.45) is 26.5. The van der Waals surface area contributed by atoms with Gasteiger partial charge in [0.15, 0.2) is 0 Å². The third kappa shape index (κ3) is 22.6. The fourth-order valence-corrected chi connectivity index (χ4v) is 4.56. The Kier molecular flexibility index (Phi) is 25.2. The van der Waals surface area contributed by atoms with Crippen LogP contribution < -0.4 is 0 Å². The predicted molar refractivity (Wildman–Crippen MR) is 137 cm³/mol. The summed E-state index contributed by atoms with van der Waals surface area (Å²) in [6, 6.07) is 0. The molecule has 3 heteroatoms. The van der Waals surface area contributed by atoms with Crippen LogP contribution in [0.15, 0.2) is 0 Å². The molecule has 1 atom stereocenters. The van der Waals surface area contributed by atoms with Crippen LogP contribution in [-0.4, -0.2) is 17.9 Å². The van der Waals surface area contributed by atoms with Crippen molar-refractivity contribution in [1.29, 1.82) is 0 Å². The lowest BCUT2D eigenvalue weighted by Crippen LogP contribution is -2.13. The lowest BCUT2D eigenvalue weighted by molar-refractivity contribution is -0.145. The highest BCUT2D eigenvalue weighted by Gasteiger charge is 2.14. The van der Waals surface area contributed by atoms with Crippen LogP contribution in [0.2, 0.25) is 0 Å². The summed E-state index contributed by atoms with van der Waals surface area (Å²) in [6.45, 7) is 5.16. The van der Waals surface area contributed by atoms with E-state index in [0.717, 1.165) is 11.8 Å². The summed E-state index contributed by atoms with van der Waals surface area (Å²) < 4.78 is 5.57. The number of esters is 1. The first kappa shape index (κ1) is 29.9. The maximum Gasteiger partial charge on any atom is 0.306 e. The summed E-state index contributed by atoms with van der Waals surface area (Å²) in [5.41, 5.74) is 0. The minimum atomic E-state index is 0.0473. The molecule has 0 aromatic carbocycles. The van der Waals surface area contributed by atoms with Crippen LogP contribution in [0.5, 0.6) is 0 Å². The molecule has 0 saturated carbocycles. The van der Waals surface area contributed by atoms with Gasteiger partial charge in [-0.25, -0.2) is 0 Å². The molecule has 0 aliphatic heterocycles. The number of unbranched alkanes of at least 4 members (excludes halogenated alkanes) is 15. The molecule has 0 saturated heterocycles. The number of carbonyl (C=O) groups excluding carboxylic acids is 1. The zero-order chi connectivity index (χ0) is 22.1. The number of halogens is 1. The number of ether oxygens (including phenoxy) is 1. The second-order valence-corrected chi connectivity index (χ2v) is 10.0. The van der Waals surface area contributed by atoms with Crippen molar-refractivity contribution in [3.05, 3.63) is 0 Å². The highest BCUT2D eigenvalue weighted by Crippen LogP contribution is 2.22. The number of rotatable bonds is 24. The molecule has 180 valence electrons. The van der Waals surface area contributed by atoms with Gasteiger partial charge in [0.05, 0.1) is 6.61 Å². The Hall–Kier alpha value is -0.0500. The molecule has 0 aliphatic carbocycles. The molecule has 0 fully saturated rings. The zero-order valence-electron chi connectivity index (χ0n) is 20.5. The molecule has 0 aromatic rings. The van der Waals surface area contributed by atoms with E-state index in [2.05, 4.69) is 29.8 Å². The standard InChI is InChI=1S/C27H53BrO2/c1-3-5-7-9-11-12-13-15-20-24-30-27(29)25-26(22-18-16-19-23-28)21-17-14-10-8-6-4-2/h26H,3-25H2,1-2H3. The molecular weight excluding hydrogens is 436 g/mol. The van der Waals surface area contributed by atoms with Gasteiger partial charge in [-0.2, -0.15) is 0 Å². The van der Waals surface area contributed by atoms with Gasteiger partial charge in [-0.1, -0.05) is 133 Å². The lowest BCUT2D eigenvalue weighted by atomic mass is 9.92. The van der Waals surface area contributed by atoms with E-state index in [0.29, 0.717) is 18.9 Å². The van der Waals surface area contributed by atoms with Crippen molar-refractivity contribution in [3.8, 4) is 0 Å². The van der Waals surface area contributed by atoms with E-state index in [-0.39, 0.29) is 5.97 Å². The summed E-state index contributed by atoms with van der Waals surface area (Å²) >= 11 is 3.52. The fraction of sp³-hybridized carbons (Fsp3) is 0.963. The Morgan fingerprint density at radius 3 is 1.57 bits per heavy atom. The molecule has 2 nitrogen and oxygen atoms in total. The van der Waals surface area contributed by atoms with Crippen molar-refractivity contribution >= 4 is 21.9 Å². The first-order valence-corrected chi connectivity index (χ1v) is 14.6. The normalized spacial score (nSPS) is 12.2. The Morgan fingerprint density at radius 1 is 0.633 bits per heavy atom. The van der Waals surface area contributed by atoms with Crippen LogP contribution in [0.1, 0.15) is 149 Å². The second kappa shape index (κ2) is 25.2. The minimum absolute atomic E-state index is 0.0473. The predicted octanol–water partition coefficient (Wildman–Crippen LogP) is 9.77. The van der Waals surface area contributed by atoms with Gasteiger partial charge < -0.3 is 4.74 Å². The van der Waals surface area contributed by atoms with Crippen LogP contribution in [0.3, 0.4) is 0 Å². The van der Waals surface area contributed by atoms with E-state index >= 15 is 0 Å². The van der Waals surface area contributed by atoms with Crippen LogP contribution in [0, 0.1) is 5.92 Å². The fourth-order valence-electron chi connectivity index (χ4n) is 4.16. The summed E-state index contributed by atoms with van der Waals surface area (Å²) in [7, 11) is 0. The first-order valence-electron chi connectivity index (χ1n) is 13.5. The SMILES string of the molecule is CCCCCCCCCCCOC(=O)CC(CCCCCBr)CCCCCCCC. The molecule has 1 unspecified atom stereocenters. The van der Waals surface area contributed by atoms with Gasteiger partial charge in [0, 0.05) is 11.8 Å². The van der Waals surface area contributed by atoms with Crippen LogP contribution in [0.25, 0.3) is 0 Å². The summed E-state index contributed by atoms with van der Waals surface area (Å²) in [4.78, 5) is 12.3. The van der Waals surface area contributed by atoms with E-state index in [4.69, 9.17) is 4.74 Å². The van der Waals surface area contributed by atoms with Crippen molar-refractivity contribution in [1.82, 2.24) is 0 Å². The van der Waals surface area contributed by atoms with E-state index in [9.17, 15) is 4.79 Å². The monoisotopic (exact) mass is 488 g/mol. The van der Waals surface area contributed by atoms with Crippen LogP contribution in [-0.2, 0) is 9.53 Å². The van der Waals surface area contributed by atoms with Crippen molar-refractivity contribution in [2.24, 2.45) is 5.92 Å². The third-order valence-corrected chi connectivity index (χ3v) is 6.74. The van der Waals surface area contributed by atoms with Crippen molar-refractivity contribution < 1.29 is 9.53 Å². The van der Waals surface area contributed by atoms with Gasteiger partial charge in [0.25, 0.3) is 0 Å². The quantitative estimate of drug-likeness (QED) is 0.0766. The number of hydrogen-bond donors (Lipinski definition) is 0. The molecule has 30 heavy (non-hydrogen) atoms. The van der Waals surface area contributed by atoms with Gasteiger partial charge in [-0.15, -0.1) is 0 Å². The van der Waals surface area contributed by atoms with Crippen LogP contribution >= 0.6 is 15.9 Å². The van der Waals surface area contributed by atoms with E-state index in [1.165, 1.54) is 122 Å². The molecule has 0 radical (unpaired) electrons. The Morgan fingerprint density at radius 2 is 1.07 bits per heavy atom. The molecule has 0 aliphatic rings. The van der Waals surface area contributed by atoms with Gasteiger partial charge in [-0.3, -0.25) is 4.79 Å². The number of hydrogen-bond acceptors (Lipinski definition) is 2. The van der Waals surface area contributed by atoms with E-state index in [1.54, 1.807) is 0 Å². The minimum Gasteiger partial charge on any atom is -0.466 e. The van der Waals surface area contributed by atoms with E-state index in [1.807, 2.05) is 0 Å². The number of alkyl halides is 1. The van der Waals surface area contributed by atoms with Gasteiger partial charge in [0.2, 0.25) is 0 Å². The smallest absolute Gasteiger partial charge is 0.306 e. The summed E-state index contributed by atoms with van der Waals surface area (Å²) in [5.74, 6) is 0.577. The molecule has 0 amide bonds. The van der Waals surface area contributed by atoms with Gasteiger partial charge in [0.1, 0.15) is 0 Å². The molecule has 0 rings (SSSR count). The second-order valence-electron chi connectivity index (χ2n) is 9.21. The van der Waals surface area contributed by atoms with Crippen molar-refractivity contribution in [3.63, 3.8) is 0 Å². The maximum atomic E-state index is 12.3.